The monoisotopic (exact) mass is 369 g/mol. The summed E-state index contributed by atoms with van der Waals surface area (Å²) in [4.78, 5) is 21.4. The molecule has 0 N–H and O–H groups in total. The first-order valence-electron chi connectivity index (χ1n) is 8.56. The molecule has 0 aliphatic rings. The summed E-state index contributed by atoms with van der Waals surface area (Å²) in [6.07, 6.45) is 1.55. The van der Waals surface area contributed by atoms with Gasteiger partial charge in [-0.25, -0.2) is 9.97 Å². The van der Waals surface area contributed by atoms with Crippen LogP contribution in [0.1, 0.15) is 34.7 Å². The first-order chi connectivity index (χ1) is 12.5. The highest BCUT2D eigenvalue weighted by Gasteiger charge is 2.19. The van der Waals surface area contributed by atoms with Crippen molar-refractivity contribution in [3.05, 3.63) is 53.6 Å². The number of methoxy groups -OCH3 is 1. The molecule has 0 bridgehead atoms. The Balaban J connectivity index is 1.79. The number of rotatable bonds is 7. The maximum atomic E-state index is 12.8. The van der Waals surface area contributed by atoms with Gasteiger partial charge in [0.15, 0.2) is 5.78 Å². The van der Waals surface area contributed by atoms with Gasteiger partial charge in [-0.1, -0.05) is 30.0 Å². The zero-order chi connectivity index (χ0) is 18.7. The van der Waals surface area contributed by atoms with Crippen LogP contribution in [0.3, 0.4) is 0 Å². The van der Waals surface area contributed by atoms with E-state index in [1.807, 2.05) is 44.2 Å². The fourth-order valence-corrected chi connectivity index (χ4v) is 4.23. The molecule has 1 atom stereocenters. The highest BCUT2D eigenvalue weighted by atomic mass is 32.2. The lowest BCUT2D eigenvalue weighted by atomic mass is 10.2. The Morgan fingerprint density at radius 1 is 1.27 bits per heavy atom. The summed E-state index contributed by atoms with van der Waals surface area (Å²) >= 11 is 1.46. The average Bonchev–Trinajstić information content (AvgIpc) is 2.94. The van der Waals surface area contributed by atoms with Crippen molar-refractivity contribution in [2.24, 2.45) is 0 Å². The summed E-state index contributed by atoms with van der Waals surface area (Å²) in [5, 5.41) is 1.82. The highest BCUT2D eigenvalue weighted by molar-refractivity contribution is 8.00. The molecule has 3 aromatic rings. The van der Waals surface area contributed by atoms with Gasteiger partial charge in [-0.2, -0.15) is 0 Å². The number of hydrogen-bond donors (Lipinski definition) is 0. The number of nitrogens with zero attached hydrogens (tertiary/aromatic N) is 3. The fraction of sp³-hybridized carbons (Fsp3) is 0.350. The van der Waals surface area contributed by atoms with E-state index in [1.165, 1.54) is 11.8 Å². The van der Waals surface area contributed by atoms with Gasteiger partial charge >= 0.3 is 0 Å². The summed E-state index contributed by atoms with van der Waals surface area (Å²) in [6.45, 7) is 6.74. The van der Waals surface area contributed by atoms with Crippen molar-refractivity contribution in [1.29, 1.82) is 0 Å². The van der Waals surface area contributed by atoms with Gasteiger partial charge in [0.2, 0.25) is 0 Å². The number of ether oxygens (including phenoxy) is 1. The largest absolute Gasteiger partial charge is 0.383 e. The maximum Gasteiger partial charge on any atom is 0.174 e. The van der Waals surface area contributed by atoms with E-state index in [9.17, 15) is 4.79 Å². The molecule has 0 amide bonds. The summed E-state index contributed by atoms with van der Waals surface area (Å²) < 4.78 is 7.43. The molecule has 1 aromatic carbocycles. The Labute approximate surface area is 157 Å². The topological polar surface area (TPSA) is 57.0 Å². The Morgan fingerprint density at radius 3 is 2.81 bits per heavy atom. The molecule has 0 spiro atoms. The van der Waals surface area contributed by atoms with E-state index in [0.29, 0.717) is 12.4 Å². The summed E-state index contributed by atoms with van der Waals surface area (Å²) in [5.41, 5.74) is 3.73. The second kappa shape index (κ2) is 8.01. The molecule has 26 heavy (non-hydrogen) atoms. The number of para-hydroxylation sites is 1. The van der Waals surface area contributed by atoms with Gasteiger partial charge in [0.05, 0.1) is 23.9 Å². The molecule has 2 aromatic heterocycles. The molecule has 6 heteroatoms. The standard InChI is InChI=1S/C20H23N3O2S/c1-13-9-17(15(3)23(13)14(2)10-25-4)19(24)11-26-20-16-7-5-6-8-18(16)21-12-22-20/h5-9,12,14H,10-11H2,1-4H3/t14-/m1/s1. The van der Waals surface area contributed by atoms with Gasteiger partial charge < -0.3 is 9.30 Å². The zero-order valence-electron chi connectivity index (χ0n) is 15.5. The number of benzene rings is 1. The third-order valence-corrected chi connectivity index (χ3v) is 5.48. The van der Waals surface area contributed by atoms with Gasteiger partial charge in [-0.05, 0) is 32.9 Å². The summed E-state index contributed by atoms with van der Waals surface area (Å²) in [5.74, 6) is 0.464. The first kappa shape index (κ1) is 18.6. The van der Waals surface area contributed by atoms with E-state index in [4.69, 9.17) is 4.74 Å². The van der Waals surface area contributed by atoms with Crippen molar-refractivity contribution in [3.63, 3.8) is 0 Å². The van der Waals surface area contributed by atoms with Crippen molar-refractivity contribution in [2.45, 2.75) is 31.8 Å². The van der Waals surface area contributed by atoms with Crippen LogP contribution in [0.5, 0.6) is 0 Å². The lowest BCUT2D eigenvalue weighted by molar-refractivity contribution is 0.102. The molecule has 5 nitrogen and oxygen atoms in total. The lowest BCUT2D eigenvalue weighted by Gasteiger charge is -2.17. The number of aryl methyl sites for hydroxylation is 1. The van der Waals surface area contributed by atoms with Crippen LogP contribution in [0.25, 0.3) is 10.9 Å². The molecule has 0 saturated heterocycles. The van der Waals surface area contributed by atoms with E-state index in [2.05, 4.69) is 21.5 Å². The van der Waals surface area contributed by atoms with E-state index >= 15 is 0 Å². The SMILES string of the molecule is COC[C@@H](C)n1c(C)cc(C(=O)CSc2ncnc3ccccc23)c1C. The lowest BCUT2D eigenvalue weighted by Crippen LogP contribution is -2.14. The number of carbonyl (C=O) groups excluding carboxylic acids is 1. The summed E-state index contributed by atoms with van der Waals surface area (Å²) in [7, 11) is 1.69. The predicted molar refractivity (Wildman–Crippen MR) is 105 cm³/mol. The highest BCUT2D eigenvalue weighted by Crippen LogP contribution is 2.27. The number of ketones is 1. The third kappa shape index (κ3) is 3.66. The van der Waals surface area contributed by atoms with E-state index < -0.39 is 0 Å². The van der Waals surface area contributed by atoms with E-state index in [1.54, 1.807) is 13.4 Å². The number of hydrogen-bond acceptors (Lipinski definition) is 5. The smallest absolute Gasteiger partial charge is 0.174 e. The molecule has 3 rings (SSSR count). The maximum absolute atomic E-state index is 12.8. The molecule has 0 radical (unpaired) electrons. The van der Waals surface area contributed by atoms with Gasteiger partial charge in [0.25, 0.3) is 0 Å². The van der Waals surface area contributed by atoms with Crippen LogP contribution >= 0.6 is 11.8 Å². The molecule has 136 valence electrons. The van der Waals surface area contributed by atoms with Crippen molar-refractivity contribution < 1.29 is 9.53 Å². The Hall–Kier alpha value is -2.18. The Morgan fingerprint density at radius 2 is 2.04 bits per heavy atom. The number of thioether (sulfide) groups is 1. The van der Waals surface area contributed by atoms with Crippen LogP contribution in [-0.4, -0.2) is 39.8 Å². The second-order valence-corrected chi connectivity index (χ2v) is 7.33. The minimum absolute atomic E-state index is 0.113. The van der Waals surface area contributed by atoms with Crippen molar-refractivity contribution >= 4 is 28.4 Å². The molecular formula is C20H23N3O2S. The second-order valence-electron chi connectivity index (χ2n) is 6.37. The van der Waals surface area contributed by atoms with Crippen LogP contribution in [0.2, 0.25) is 0 Å². The third-order valence-electron chi connectivity index (χ3n) is 4.48. The van der Waals surface area contributed by atoms with E-state index in [0.717, 1.165) is 32.9 Å². The molecule has 0 saturated carbocycles. The number of aromatic nitrogens is 3. The average molecular weight is 369 g/mol. The van der Waals surface area contributed by atoms with Crippen LogP contribution in [0.4, 0.5) is 0 Å². The van der Waals surface area contributed by atoms with Gasteiger partial charge in [-0.3, -0.25) is 4.79 Å². The van der Waals surface area contributed by atoms with Crippen molar-refractivity contribution in [2.75, 3.05) is 19.5 Å². The van der Waals surface area contributed by atoms with Gasteiger partial charge in [0, 0.05) is 29.4 Å². The normalized spacial score (nSPS) is 12.5. The van der Waals surface area contributed by atoms with Crippen LogP contribution in [0, 0.1) is 13.8 Å². The van der Waals surface area contributed by atoms with Gasteiger partial charge in [0.1, 0.15) is 11.4 Å². The van der Waals surface area contributed by atoms with Crippen LogP contribution in [0.15, 0.2) is 41.7 Å². The van der Waals surface area contributed by atoms with Crippen molar-refractivity contribution in [3.8, 4) is 0 Å². The fourth-order valence-electron chi connectivity index (χ4n) is 3.36. The number of fused-ring (bicyclic) bond motifs is 1. The quantitative estimate of drug-likeness (QED) is 0.354. The molecule has 0 fully saturated rings. The predicted octanol–water partition coefficient (Wildman–Crippen LogP) is 4.23. The Bertz CT molecular complexity index is 931. The molecule has 0 aliphatic carbocycles. The van der Waals surface area contributed by atoms with Crippen LogP contribution in [-0.2, 0) is 4.74 Å². The summed E-state index contributed by atoms with van der Waals surface area (Å²) in [6, 6.07) is 10.0. The minimum Gasteiger partial charge on any atom is -0.383 e. The first-order valence-corrected chi connectivity index (χ1v) is 9.54. The van der Waals surface area contributed by atoms with E-state index in [-0.39, 0.29) is 11.8 Å². The molecule has 2 heterocycles. The molecule has 0 aliphatic heterocycles. The minimum atomic E-state index is 0.113. The number of Topliss-reactive ketones (excluding diaryl/α,β-unsaturated/α-hetero) is 1. The van der Waals surface area contributed by atoms with Crippen molar-refractivity contribution in [1.82, 2.24) is 14.5 Å². The molecule has 0 unspecified atom stereocenters. The van der Waals surface area contributed by atoms with Crippen LogP contribution < -0.4 is 0 Å². The van der Waals surface area contributed by atoms with Gasteiger partial charge in [-0.15, -0.1) is 0 Å². The zero-order valence-corrected chi connectivity index (χ0v) is 16.3. The number of carbonyl (C=O) groups is 1. The molecular weight excluding hydrogens is 346 g/mol. The Kier molecular flexibility index (Phi) is 5.74.